The van der Waals surface area contributed by atoms with Crippen LogP contribution in [0.25, 0.3) is 0 Å². The molecule has 0 aromatic heterocycles. The molecule has 0 bridgehead atoms. The van der Waals surface area contributed by atoms with Crippen molar-refractivity contribution < 1.29 is 14.4 Å². The Morgan fingerprint density at radius 3 is 2.34 bits per heavy atom. The summed E-state index contributed by atoms with van der Waals surface area (Å²) in [5.41, 5.74) is 0.303. The number of para-hydroxylation sites is 1. The molecule has 4 rings (SSSR count). The van der Waals surface area contributed by atoms with Crippen LogP contribution in [0.4, 0.5) is 5.69 Å². The van der Waals surface area contributed by atoms with E-state index >= 15 is 0 Å². The van der Waals surface area contributed by atoms with E-state index in [0.29, 0.717) is 44.9 Å². The van der Waals surface area contributed by atoms with Gasteiger partial charge in [0.05, 0.1) is 6.67 Å². The van der Waals surface area contributed by atoms with E-state index in [9.17, 15) is 14.4 Å². The van der Waals surface area contributed by atoms with E-state index in [-0.39, 0.29) is 24.3 Å². The summed E-state index contributed by atoms with van der Waals surface area (Å²) in [7, 11) is 3.42. The van der Waals surface area contributed by atoms with Gasteiger partial charge < -0.3 is 19.6 Å². The predicted octanol–water partition coefficient (Wildman–Crippen LogP) is 2.71. The number of hydrogen-bond donors (Lipinski definition) is 0. The summed E-state index contributed by atoms with van der Waals surface area (Å²) in [5, 5.41) is 0. The lowest BCUT2D eigenvalue weighted by Crippen LogP contribution is -2.57. The number of hydrogen-bond acceptors (Lipinski definition) is 4. The third-order valence-corrected chi connectivity index (χ3v) is 7.59. The highest BCUT2D eigenvalue weighted by Gasteiger charge is 2.54. The van der Waals surface area contributed by atoms with E-state index in [2.05, 4.69) is 4.90 Å². The van der Waals surface area contributed by atoms with Crippen LogP contribution in [0.15, 0.2) is 30.3 Å². The second-order valence-electron chi connectivity index (χ2n) is 9.80. The van der Waals surface area contributed by atoms with Crippen LogP contribution in [0, 0.1) is 5.92 Å². The molecule has 7 nitrogen and oxygen atoms in total. The molecule has 2 heterocycles. The summed E-state index contributed by atoms with van der Waals surface area (Å²) >= 11 is 0. The maximum absolute atomic E-state index is 13.6. The van der Waals surface area contributed by atoms with Crippen LogP contribution in [0.2, 0.25) is 0 Å². The average molecular weight is 441 g/mol. The van der Waals surface area contributed by atoms with E-state index in [0.717, 1.165) is 12.1 Å². The van der Waals surface area contributed by atoms with Crippen LogP contribution < -0.4 is 4.90 Å². The van der Waals surface area contributed by atoms with Crippen LogP contribution >= 0.6 is 0 Å². The molecule has 1 spiro atoms. The molecule has 1 aromatic rings. The van der Waals surface area contributed by atoms with Crippen molar-refractivity contribution in [1.82, 2.24) is 14.7 Å². The number of amides is 3. The minimum atomic E-state index is -0.684. The zero-order valence-corrected chi connectivity index (χ0v) is 19.5. The van der Waals surface area contributed by atoms with Crippen LogP contribution in [-0.4, -0.2) is 78.4 Å². The van der Waals surface area contributed by atoms with Crippen LogP contribution in [0.3, 0.4) is 0 Å². The lowest BCUT2D eigenvalue weighted by atomic mass is 9.85. The minimum Gasteiger partial charge on any atom is -0.347 e. The van der Waals surface area contributed by atoms with Crippen molar-refractivity contribution >= 4 is 23.4 Å². The third-order valence-electron chi connectivity index (χ3n) is 7.59. The quantitative estimate of drug-likeness (QED) is 0.682. The second-order valence-corrected chi connectivity index (χ2v) is 9.80. The molecule has 174 valence electrons. The molecule has 1 saturated carbocycles. The molecule has 2 aliphatic heterocycles. The Bertz CT molecular complexity index is 827. The largest absolute Gasteiger partial charge is 0.347 e. The zero-order valence-electron chi connectivity index (χ0n) is 19.5. The molecule has 0 unspecified atom stereocenters. The van der Waals surface area contributed by atoms with E-state index in [1.807, 2.05) is 35.2 Å². The summed E-state index contributed by atoms with van der Waals surface area (Å²) in [6.45, 7) is 1.67. The van der Waals surface area contributed by atoms with Gasteiger partial charge >= 0.3 is 0 Å². The summed E-state index contributed by atoms with van der Waals surface area (Å²) in [6.07, 6.45) is 7.94. The van der Waals surface area contributed by atoms with Crippen molar-refractivity contribution in [3.63, 3.8) is 0 Å². The van der Waals surface area contributed by atoms with Gasteiger partial charge in [0.15, 0.2) is 0 Å². The Hall–Kier alpha value is -2.57. The molecule has 32 heavy (non-hydrogen) atoms. The van der Waals surface area contributed by atoms with Gasteiger partial charge in [0.25, 0.3) is 5.91 Å². The average Bonchev–Trinajstić information content (AvgIpc) is 3.41. The molecule has 0 radical (unpaired) electrons. The van der Waals surface area contributed by atoms with Gasteiger partial charge in [0, 0.05) is 39.3 Å². The summed E-state index contributed by atoms with van der Waals surface area (Å²) < 4.78 is 0. The molecular formula is C25H36N4O3. The predicted molar refractivity (Wildman–Crippen MR) is 124 cm³/mol. The maximum atomic E-state index is 13.6. The van der Waals surface area contributed by atoms with Crippen molar-refractivity contribution in [3.8, 4) is 0 Å². The van der Waals surface area contributed by atoms with E-state index in [1.165, 1.54) is 30.6 Å². The van der Waals surface area contributed by atoms with Gasteiger partial charge in [0.1, 0.15) is 12.1 Å². The molecule has 2 saturated heterocycles. The lowest BCUT2D eigenvalue weighted by molar-refractivity contribution is -0.141. The molecule has 7 heteroatoms. The highest BCUT2D eigenvalue weighted by atomic mass is 16.2. The number of rotatable bonds is 6. The number of carbonyl (C=O) groups excluding carboxylic acids is 3. The zero-order chi connectivity index (χ0) is 22.7. The molecule has 3 fully saturated rings. The molecule has 0 atom stereocenters. The topological polar surface area (TPSA) is 64.2 Å². The number of benzene rings is 1. The van der Waals surface area contributed by atoms with Crippen molar-refractivity contribution in [3.05, 3.63) is 30.3 Å². The molecule has 3 amide bonds. The van der Waals surface area contributed by atoms with Gasteiger partial charge in [-0.05, 0) is 37.3 Å². The van der Waals surface area contributed by atoms with Crippen LogP contribution in [-0.2, 0) is 14.4 Å². The Kier molecular flexibility index (Phi) is 6.72. The van der Waals surface area contributed by atoms with E-state index in [4.69, 9.17) is 0 Å². The fraction of sp³-hybridized carbons (Fsp3) is 0.640. The number of carbonyl (C=O) groups is 3. The number of anilines is 1. The SMILES string of the molecule is CN(C)C(=O)CN1CN(c2ccccc2)C2(CCN(C(=O)CCC3CCCC3)CC2)C1=O. The number of nitrogens with zero attached hydrogens (tertiary/aromatic N) is 4. The minimum absolute atomic E-state index is 0.00890. The second kappa shape index (κ2) is 9.51. The number of likely N-dealkylation sites (N-methyl/N-ethyl adjacent to an activating group) is 1. The van der Waals surface area contributed by atoms with Gasteiger partial charge in [0.2, 0.25) is 11.8 Å². The number of piperidine rings is 1. The summed E-state index contributed by atoms with van der Waals surface area (Å²) in [4.78, 5) is 46.1. The first-order valence-electron chi connectivity index (χ1n) is 12.0. The van der Waals surface area contributed by atoms with Crippen molar-refractivity contribution in [2.45, 2.75) is 56.9 Å². The Balaban J connectivity index is 1.46. The highest BCUT2D eigenvalue weighted by molar-refractivity contribution is 5.96. The fourth-order valence-electron chi connectivity index (χ4n) is 5.54. The normalized spacial score (nSPS) is 20.9. The maximum Gasteiger partial charge on any atom is 0.250 e. The van der Waals surface area contributed by atoms with Crippen molar-refractivity contribution in [2.24, 2.45) is 5.92 Å². The first kappa shape index (κ1) is 22.6. The Morgan fingerprint density at radius 2 is 1.72 bits per heavy atom. The van der Waals surface area contributed by atoms with E-state index in [1.54, 1.807) is 19.0 Å². The summed E-state index contributed by atoms with van der Waals surface area (Å²) in [5.74, 6) is 0.864. The highest BCUT2D eigenvalue weighted by Crippen LogP contribution is 2.39. The van der Waals surface area contributed by atoms with Gasteiger partial charge in [-0.1, -0.05) is 43.9 Å². The van der Waals surface area contributed by atoms with Crippen LogP contribution in [0.1, 0.15) is 51.4 Å². The monoisotopic (exact) mass is 440 g/mol. The molecule has 3 aliphatic rings. The fourth-order valence-corrected chi connectivity index (χ4v) is 5.54. The lowest BCUT2D eigenvalue weighted by Gasteiger charge is -2.43. The van der Waals surface area contributed by atoms with E-state index < -0.39 is 5.54 Å². The first-order chi connectivity index (χ1) is 15.4. The standard InChI is InChI=1S/C25H36N4O3/c1-26(2)23(31)18-28-19-29(21-10-4-3-5-11-21)25(24(28)32)14-16-27(17-15-25)22(30)13-12-20-8-6-7-9-20/h3-5,10-11,20H,6-9,12-19H2,1-2H3. The van der Waals surface area contributed by atoms with Crippen molar-refractivity contribution in [2.75, 3.05) is 45.3 Å². The van der Waals surface area contributed by atoms with Crippen LogP contribution in [0.5, 0.6) is 0 Å². The Labute approximate surface area is 191 Å². The smallest absolute Gasteiger partial charge is 0.250 e. The molecule has 1 aromatic carbocycles. The van der Waals surface area contributed by atoms with Gasteiger partial charge in [-0.25, -0.2) is 0 Å². The van der Waals surface area contributed by atoms with Gasteiger partial charge in [-0.2, -0.15) is 0 Å². The summed E-state index contributed by atoms with van der Waals surface area (Å²) in [6, 6.07) is 9.95. The molecule has 1 aliphatic carbocycles. The van der Waals surface area contributed by atoms with Crippen molar-refractivity contribution in [1.29, 1.82) is 0 Å². The molecule has 0 N–H and O–H groups in total. The van der Waals surface area contributed by atoms with Gasteiger partial charge in [-0.3, -0.25) is 14.4 Å². The van der Waals surface area contributed by atoms with Gasteiger partial charge in [-0.15, -0.1) is 0 Å². The molecular weight excluding hydrogens is 404 g/mol. The first-order valence-corrected chi connectivity index (χ1v) is 12.0. The Morgan fingerprint density at radius 1 is 1.06 bits per heavy atom. The third kappa shape index (κ3) is 4.48. The number of likely N-dealkylation sites (tertiary alicyclic amines) is 1.